The van der Waals surface area contributed by atoms with Crippen molar-refractivity contribution in [2.24, 2.45) is 5.92 Å². The number of urea groups is 1. The van der Waals surface area contributed by atoms with Crippen molar-refractivity contribution in [1.29, 1.82) is 0 Å². The number of ether oxygens (including phenoxy) is 1. The van der Waals surface area contributed by atoms with E-state index < -0.39 is 23.9 Å². The maximum atomic E-state index is 11.4. The highest BCUT2D eigenvalue weighted by Gasteiger charge is 2.23. The Morgan fingerprint density at radius 2 is 1.83 bits per heavy atom. The number of imide groups is 1. The summed E-state index contributed by atoms with van der Waals surface area (Å²) in [6, 6.07) is -1.13. The number of amides is 3. The van der Waals surface area contributed by atoms with E-state index in [0.29, 0.717) is 6.54 Å². The molecule has 0 bridgehead atoms. The normalized spacial score (nSPS) is 11.8. The largest absolute Gasteiger partial charge is 0.468 e. The maximum Gasteiger partial charge on any atom is 0.323 e. The van der Waals surface area contributed by atoms with Gasteiger partial charge < -0.3 is 10.1 Å². The Bertz CT molecular complexity index is 305. The fourth-order valence-corrected chi connectivity index (χ4v) is 1.30. The molecule has 104 valence electrons. The van der Waals surface area contributed by atoms with Crippen LogP contribution in [0.3, 0.4) is 0 Å². The van der Waals surface area contributed by atoms with Crippen LogP contribution in [0.4, 0.5) is 4.79 Å². The van der Waals surface area contributed by atoms with E-state index in [9.17, 15) is 14.4 Å². The van der Waals surface area contributed by atoms with E-state index >= 15 is 0 Å². The van der Waals surface area contributed by atoms with Gasteiger partial charge in [0.15, 0.2) is 0 Å². The third kappa shape index (κ3) is 6.19. The van der Waals surface area contributed by atoms with Gasteiger partial charge in [0.2, 0.25) is 5.91 Å². The second-order valence-corrected chi connectivity index (χ2v) is 4.03. The molecule has 1 unspecified atom stereocenters. The molecule has 0 saturated heterocycles. The Hall–Kier alpha value is -1.63. The third-order valence-electron chi connectivity index (χ3n) is 2.19. The van der Waals surface area contributed by atoms with Gasteiger partial charge in [0, 0.05) is 6.54 Å². The third-order valence-corrected chi connectivity index (χ3v) is 2.19. The van der Waals surface area contributed by atoms with Crippen molar-refractivity contribution >= 4 is 17.9 Å². The molecule has 0 radical (unpaired) electrons. The summed E-state index contributed by atoms with van der Waals surface area (Å²) in [5.74, 6) is -0.957. The fourth-order valence-electron chi connectivity index (χ4n) is 1.30. The van der Waals surface area contributed by atoms with Crippen LogP contribution in [-0.4, -0.2) is 44.1 Å². The summed E-state index contributed by atoms with van der Waals surface area (Å²) in [5.41, 5.74) is 0. The first-order chi connectivity index (χ1) is 8.42. The molecule has 7 nitrogen and oxygen atoms in total. The molecule has 0 heterocycles. The van der Waals surface area contributed by atoms with Gasteiger partial charge in [-0.05, 0) is 12.8 Å². The average Bonchev–Trinajstić information content (AvgIpc) is 2.28. The lowest BCUT2D eigenvalue weighted by Gasteiger charge is -2.19. The Labute approximate surface area is 107 Å². The highest BCUT2D eigenvalue weighted by Crippen LogP contribution is 2.02. The second-order valence-electron chi connectivity index (χ2n) is 4.03. The highest BCUT2D eigenvalue weighted by molar-refractivity contribution is 5.95. The van der Waals surface area contributed by atoms with Gasteiger partial charge >= 0.3 is 12.0 Å². The van der Waals surface area contributed by atoms with Crippen LogP contribution in [0, 0.1) is 5.92 Å². The van der Waals surface area contributed by atoms with Crippen LogP contribution in [0.5, 0.6) is 0 Å². The summed E-state index contributed by atoms with van der Waals surface area (Å²) in [6.45, 7) is 5.71. The molecule has 18 heavy (non-hydrogen) atoms. The van der Waals surface area contributed by atoms with Gasteiger partial charge in [0.05, 0.1) is 13.7 Å². The van der Waals surface area contributed by atoms with Gasteiger partial charge in [0.25, 0.3) is 0 Å². The summed E-state index contributed by atoms with van der Waals surface area (Å²) in [7, 11) is 1.29. The molecule has 0 aliphatic heterocycles. The van der Waals surface area contributed by atoms with Crippen molar-refractivity contribution in [2.75, 3.05) is 20.2 Å². The van der Waals surface area contributed by atoms with E-state index in [1.807, 2.05) is 13.8 Å². The van der Waals surface area contributed by atoms with E-state index in [1.165, 1.54) is 7.11 Å². The SMILES string of the molecule is CCNC(=O)NC(=O)CNC(C(=O)OC)C(C)C. The number of hydrogen-bond donors (Lipinski definition) is 3. The summed E-state index contributed by atoms with van der Waals surface area (Å²) < 4.78 is 4.61. The van der Waals surface area contributed by atoms with Crippen molar-refractivity contribution in [3.63, 3.8) is 0 Å². The lowest BCUT2D eigenvalue weighted by atomic mass is 10.0. The van der Waals surface area contributed by atoms with Gasteiger partial charge in [-0.1, -0.05) is 13.8 Å². The lowest BCUT2D eigenvalue weighted by molar-refractivity contribution is -0.144. The lowest BCUT2D eigenvalue weighted by Crippen LogP contribution is -2.48. The molecule has 3 amide bonds. The van der Waals surface area contributed by atoms with E-state index in [4.69, 9.17) is 0 Å². The predicted octanol–water partition coefficient (Wildman–Crippen LogP) is -0.381. The summed E-state index contributed by atoms with van der Waals surface area (Å²) in [4.78, 5) is 33.8. The Morgan fingerprint density at radius 3 is 2.28 bits per heavy atom. The molecular formula is C11H21N3O4. The summed E-state index contributed by atoms with van der Waals surface area (Å²) in [6.07, 6.45) is 0. The van der Waals surface area contributed by atoms with E-state index in [2.05, 4.69) is 20.7 Å². The van der Waals surface area contributed by atoms with Crippen molar-refractivity contribution in [1.82, 2.24) is 16.0 Å². The summed E-state index contributed by atoms with van der Waals surface area (Å²) >= 11 is 0. The molecule has 0 rings (SSSR count). The molecule has 7 heteroatoms. The first kappa shape index (κ1) is 16.4. The molecule has 0 fully saturated rings. The quantitative estimate of drug-likeness (QED) is 0.565. The molecule has 3 N–H and O–H groups in total. The molecule has 0 aliphatic carbocycles. The number of hydrogen-bond acceptors (Lipinski definition) is 5. The second kappa shape index (κ2) is 8.46. The maximum absolute atomic E-state index is 11.4. The van der Waals surface area contributed by atoms with Gasteiger partial charge in [-0.2, -0.15) is 0 Å². The molecule has 0 aromatic heterocycles. The van der Waals surface area contributed by atoms with Gasteiger partial charge in [-0.25, -0.2) is 4.79 Å². The van der Waals surface area contributed by atoms with Crippen LogP contribution in [0.25, 0.3) is 0 Å². The smallest absolute Gasteiger partial charge is 0.323 e. The molecular weight excluding hydrogens is 238 g/mol. The van der Waals surface area contributed by atoms with Crippen molar-refractivity contribution in [3.05, 3.63) is 0 Å². The minimum absolute atomic E-state index is 0.0188. The Balaban J connectivity index is 4.16. The molecule has 0 spiro atoms. The number of carbonyl (C=O) groups excluding carboxylic acids is 3. The van der Waals surface area contributed by atoms with Crippen LogP contribution in [0.1, 0.15) is 20.8 Å². The van der Waals surface area contributed by atoms with Crippen molar-refractivity contribution in [2.45, 2.75) is 26.8 Å². The van der Waals surface area contributed by atoms with Gasteiger partial charge in [-0.15, -0.1) is 0 Å². The number of methoxy groups -OCH3 is 1. The molecule has 1 atom stereocenters. The zero-order valence-corrected chi connectivity index (χ0v) is 11.2. The summed E-state index contributed by atoms with van der Waals surface area (Å²) in [5, 5.41) is 7.31. The number of esters is 1. The van der Waals surface area contributed by atoms with Crippen LogP contribution >= 0.6 is 0 Å². The predicted molar refractivity (Wildman–Crippen MR) is 65.9 cm³/mol. The fraction of sp³-hybridized carbons (Fsp3) is 0.727. The zero-order valence-electron chi connectivity index (χ0n) is 11.2. The Kier molecular flexibility index (Phi) is 7.69. The molecule has 0 aromatic rings. The Morgan fingerprint density at radius 1 is 1.22 bits per heavy atom. The topological polar surface area (TPSA) is 96.5 Å². The monoisotopic (exact) mass is 259 g/mol. The van der Waals surface area contributed by atoms with Crippen molar-refractivity contribution in [3.8, 4) is 0 Å². The van der Waals surface area contributed by atoms with Crippen LogP contribution in [-0.2, 0) is 14.3 Å². The molecule has 0 aliphatic rings. The first-order valence-electron chi connectivity index (χ1n) is 5.81. The van der Waals surface area contributed by atoms with Crippen molar-refractivity contribution < 1.29 is 19.1 Å². The first-order valence-corrected chi connectivity index (χ1v) is 5.81. The number of carbonyl (C=O) groups is 3. The van der Waals surface area contributed by atoms with Gasteiger partial charge in [0.1, 0.15) is 6.04 Å². The zero-order chi connectivity index (χ0) is 14.1. The van der Waals surface area contributed by atoms with Crippen LogP contribution < -0.4 is 16.0 Å². The van der Waals surface area contributed by atoms with E-state index in [1.54, 1.807) is 6.92 Å². The number of nitrogens with one attached hydrogen (secondary N) is 3. The van der Waals surface area contributed by atoms with E-state index in [0.717, 1.165) is 0 Å². The van der Waals surface area contributed by atoms with E-state index in [-0.39, 0.29) is 12.5 Å². The number of rotatable bonds is 6. The highest BCUT2D eigenvalue weighted by atomic mass is 16.5. The van der Waals surface area contributed by atoms with Gasteiger partial charge in [-0.3, -0.25) is 20.2 Å². The van der Waals surface area contributed by atoms with Crippen LogP contribution in [0.2, 0.25) is 0 Å². The molecule has 0 saturated carbocycles. The van der Waals surface area contributed by atoms with Crippen LogP contribution in [0.15, 0.2) is 0 Å². The molecule has 0 aromatic carbocycles. The standard InChI is InChI=1S/C11H21N3O4/c1-5-12-11(17)14-8(15)6-13-9(7(2)3)10(16)18-4/h7,9,13H,5-6H2,1-4H3,(H2,12,14,15,17). The minimum Gasteiger partial charge on any atom is -0.468 e. The average molecular weight is 259 g/mol. The minimum atomic E-state index is -0.574.